The van der Waals surface area contributed by atoms with Crippen molar-refractivity contribution in [1.82, 2.24) is 20.0 Å². The van der Waals surface area contributed by atoms with E-state index in [1.807, 2.05) is 47.3 Å². The highest BCUT2D eigenvalue weighted by molar-refractivity contribution is 9.10. The van der Waals surface area contributed by atoms with Crippen LogP contribution in [-0.2, 0) is 5.54 Å². The van der Waals surface area contributed by atoms with Gasteiger partial charge in [-0.05, 0) is 84.9 Å². The Balaban J connectivity index is 0.000000469. The van der Waals surface area contributed by atoms with Crippen LogP contribution in [0.15, 0.2) is 107 Å². The van der Waals surface area contributed by atoms with Crippen molar-refractivity contribution in [3.8, 4) is 17.2 Å². The van der Waals surface area contributed by atoms with Crippen molar-refractivity contribution in [2.24, 2.45) is 0 Å². The average molecular weight is 626 g/mol. The number of H-pyrrole nitrogens is 1. The largest absolute Gasteiger partial charge is 0.497 e. The Morgan fingerprint density at radius 2 is 1.08 bits per heavy atom. The summed E-state index contributed by atoms with van der Waals surface area (Å²) in [6.07, 6.45) is 7.24. The fraction of sp³-hybridized carbons (Fsp3) is 0.143. The molecule has 0 saturated heterocycles. The molecular weight excluding hydrogens is 600 g/mol. The fourth-order valence-corrected chi connectivity index (χ4v) is 4.60. The highest BCUT2D eigenvalue weighted by Gasteiger charge is 2.39. The molecule has 0 unspecified atom stereocenters. The van der Waals surface area contributed by atoms with E-state index in [2.05, 4.69) is 78.5 Å². The lowest BCUT2D eigenvalue weighted by molar-refractivity contribution is 0.410. The summed E-state index contributed by atoms with van der Waals surface area (Å²) < 4.78 is 20.1. The normalized spacial score (nSPS) is 10.8. The molecular formula is C28H26Br2N4O3. The second kappa shape index (κ2) is 12.1. The van der Waals surface area contributed by atoms with Crippen molar-refractivity contribution in [3.05, 3.63) is 123 Å². The Bertz CT molecular complexity index is 1270. The van der Waals surface area contributed by atoms with Gasteiger partial charge in [-0.25, -0.2) is 0 Å². The molecule has 0 aliphatic heterocycles. The number of halogens is 2. The van der Waals surface area contributed by atoms with E-state index in [-0.39, 0.29) is 0 Å². The second-order valence-electron chi connectivity index (χ2n) is 7.92. The summed E-state index contributed by atoms with van der Waals surface area (Å²) in [5.41, 5.74) is 2.40. The van der Waals surface area contributed by atoms with Crippen LogP contribution in [0.5, 0.6) is 17.2 Å². The number of nitrogens with zero attached hydrogens (tertiary/aromatic N) is 3. The monoisotopic (exact) mass is 624 g/mol. The molecule has 3 aromatic carbocycles. The van der Waals surface area contributed by atoms with Gasteiger partial charge < -0.3 is 14.2 Å². The van der Waals surface area contributed by atoms with E-state index >= 15 is 0 Å². The number of benzene rings is 3. The van der Waals surface area contributed by atoms with Crippen LogP contribution in [0.4, 0.5) is 0 Å². The summed E-state index contributed by atoms with van der Waals surface area (Å²) in [7, 11) is 5.00. The second-order valence-corrected chi connectivity index (χ2v) is 9.75. The van der Waals surface area contributed by atoms with Gasteiger partial charge in [0, 0.05) is 12.4 Å². The summed E-state index contributed by atoms with van der Waals surface area (Å²) in [4.78, 5) is 0. The van der Waals surface area contributed by atoms with Gasteiger partial charge in [-0.2, -0.15) is 10.2 Å². The van der Waals surface area contributed by atoms with Gasteiger partial charge in [0.25, 0.3) is 0 Å². The van der Waals surface area contributed by atoms with Crippen LogP contribution in [0.3, 0.4) is 0 Å². The Morgan fingerprint density at radius 3 is 1.32 bits per heavy atom. The summed E-state index contributed by atoms with van der Waals surface area (Å²) in [6, 6.07) is 24.2. The van der Waals surface area contributed by atoms with Gasteiger partial charge in [0.1, 0.15) is 22.8 Å². The molecule has 9 heteroatoms. The Hall–Kier alpha value is -3.56. The average Bonchev–Trinajstić information content (AvgIpc) is 3.61. The molecule has 0 radical (unpaired) electrons. The molecule has 7 nitrogen and oxygen atoms in total. The molecule has 0 fully saturated rings. The first-order valence-electron chi connectivity index (χ1n) is 11.3. The minimum absolute atomic E-state index is 0.725. The van der Waals surface area contributed by atoms with Crippen molar-refractivity contribution >= 4 is 31.9 Å². The predicted octanol–water partition coefficient (Wildman–Crippen LogP) is 6.68. The zero-order valence-corrected chi connectivity index (χ0v) is 23.7. The van der Waals surface area contributed by atoms with Crippen LogP contribution < -0.4 is 14.2 Å². The molecule has 5 aromatic rings. The van der Waals surface area contributed by atoms with Gasteiger partial charge in [0.2, 0.25) is 0 Å². The van der Waals surface area contributed by atoms with Gasteiger partial charge in [0.15, 0.2) is 0 Å². The lowest BCUT2D eigenvalue weighted by Crippen LogP contribution is -2.38. The van der Waals surface area contributed by atoms with Crippen molar-refractivity contribution in [2.45, 2.75) is 5.54 Å². The highest BCUT2D eigenvalue weighted by Crippen LogP contribution is 2.42. The number of ether oxygens (including phenoxy) is 3. The third-order valence-electron chi connectivity index (χ3n) is 5.88. The number of hydrogen-bond acceptors (Lipinski definition) is 5. The zero-order chi connectivity index (χ0) is 26.3. The maximum Gasteiger partial charge on any atom is 0.138 e. The first kappa shape index (κ1) is 26.5. The van der Waals surface area contributed by atoms with E-state index in [0.717, 1.165) is 42.9 Å². The van der Waals surface area contributed by atoms with Crippen molar-refractivity contribution in [2.75, 3.05) is 21.3 Å². The van der Waals surface area contributed by atoms with Crippen LogP contribution >= 0.6 is 31.9 Å². The topological polar surface area (TPSA) is 74.2 Å². The fourth-order valence-electron chi connectivity index (χ4n) is 4.11. The number of methoxy groups -OCH3 is 3. The molecule has 37 heavy (non-hydrogen) atoms. The molecule has 5 rings (SSSR count). The van der Waals surface area contributed by atoms with Crippen LogP contribution in [0.25, 0.3) is 0 Å². The Labute approximate surface area is 232 Å². The molecule has 0 saturated carbocycles. The first-order chi connectivity index (χ1) is 18.0. The molecule has 1 N–H and O–H groups in total. The SMILES string of the molecule is Brc1cn[nH]c1.COc1ccc(C(c2ccc(OC)cc2)(c2ccc(OC)cc2)n2cc(Br)cn2)cc1. The molecule has 190 valence electrons. The van der Waals surface area contributed by atoms with Crippen LogP contribution in [-0.4, -0.2) is 41.3 Å². The minimum Gasteiger partial charge on any atom is -0.497 e. The molecule has 2 aromatic heterocycles. The van der Waals surface area contributed by atoms with E-state index in [1.54, 1.807) is 39.9 Å². The highest BCUT2D eigenvalue weighted by atomic mass is 79.9. The van der Waals surface area contributed by atoms with Gasteiger partial charge in [-0.1, -0.05) is 36.4 Å². The van der Waals surface area contributed by atoms with Crippen LogP contribution in [0.2, 0.25) is 0 Å². The van der Waals surface area contributed by atoms with Crippen LogP contribution in [0, 0.1) is 0 Å². The molecule has 0 amide bonds. The number of nitrogens with one attached hydrogen (secondary N) is 1. The maximum atomic E-state index is 5.40. The predicted molar refractivity (Wildman–Crippen MR) is 150 cm³/mol. The van der Waals surface area contributed by atoms with Crippen LogP contribution in [0.1, 0.15) is 16.7 Å². The number of aromatic amines is 1. The van der Waals surface area contributed by atoms with Crippen molar-refractivity contribution in [3.63, 3.8) is 0 Å². The van der Waals surface area contributed by atoms with E-state index in [0.29, 0.717) is 0 Å². The van der Waals surface area contributed by atoms with Gasteiger partial charge in [-0.3, -0.25) is 9.78 Å². The Kier molecular flexibility index (Phi) is 8.68. The number of rotatable bonds is 7. The van der Waals surface area contributed by atoms with Gasteiger partial charge in [-0.15, -0.1) is 0 Å². The third-order valence-corrected chi connectivity index (χ3v) is 6.73. The van der Waals surface area contributed by atoms with Crippen molar-refractivity contribution < 1.29 is 14.2 Å². The maximum absolute atomic E-state index is 5.40. The Morgan fingerprint density at radius 1 is 0.649 bits per heavy atom. The summed E-state index contributed by atoms with van der Waals surface area (Å²) in [5.74, 6) is 2.39. The number of hydrogen-bond donors (Lipinski definition) is 1. The quantitative estimate of drug-likeness (QED) is 0.204. The van der Waals surface area contributed by atoms with E-state index in [9.17, 15) is 0 Å². The molecule has 0 spiro atoms. The van der Waals surface area contributed by atoms with Gasteiger partial charge >= 0.3 is 0 Å². The summed E-state index contributed by atoms with van der Waals surface area (Å²) in [6.45, 7) is 0. The minimum atomic E-state index is -0.725. The molecule has 0 atom stereocenters. The van der Waals surface area contributed by atoms with E-state index in [1.165, 1.54) is 0 Å². The summed E-state index contributed by atoms with van der Waals surface area (Å²) in [5, 5.41) is 11.0. The molecule has 0 bridgehead atoms. The smallest absolute Gasteiger partial charge is 0.138 e. The molecule has 0 aliphatic rings. The standard InChI is InChI=1S/C25H23BrN2O3.C3H3BrN2/c1-29-22-10-4-18(5-11-22)25(28-17-21(26)16-27-28,19-6-12-23(30-2)13-7-19)20-8-14-24(31-3)15-9-20;4-3-1-5-6-2-3/h4-17H,1-3H3;1-2H,(H,5,6). The zero-order valence-electron chi connectivity index (χ0n) is 20.6. The molecule has 0 aliphatic carbocycles. The lowest BCUT2D eigenvalue weighted by atomic mass is 9.77. The van der Waals surface area contributed by atoms with E-state index in [4.69, 9.17) is 19.3 Å². The van der Waals surface area contributed by atoms with Crippen molar-refractivity contribution in [1.29, 1.82) is 0 Å². The number of aromatic nitrogens is 4. The lowest BCUT2D eigenvalue weighted by Gasteiger charge is -2.36. The molecule has 2 heterocycles. The summed E-state index contributed by atoms with van der Waals surface area (Å²) >= 11 is 6.75. The first-order valence-corrected chi connectivity index (χ1v) is 12.9. The van der Waals surface area contributed by atoms with E-state index < -0.39 is 5.54 Å². The third kappa shape index (κ3) is 5.73. The van der Waals surface area contributed by atoms with Gasteiger partial charge in [0.05, 0.1) is 42.7 Å².